The van der Waals surface area contributed by atoms with Crippen LogP contribution >= 0.6 is 0 Å². The molecule has 0 heteroatoms. The Hall–Kier alpha value is -1.04. The van der Waals surface area contributed by atoms with E-state index in [-0.39, 0.29) is 0 Å². The van der Waals surface area contributed by atoms with Crippen LogP contribution in [0.5, 0.6) is 0 Å². The van der Waals surface area contributed by atoms with Crippen LogP contribution < -0.4 is 0 Å². The van der Waals surface area contributed by atoms with E-state index in [1.807, 2.05) is 0 Å². The first-order valence-electron chi connectivity index (χ1n) is 4.48. The van der Waals surface area contributed by atoms with E-state index in [1.165, 1.54) is 22.3 Å². The molecule has 0 saturated heterocycles. The molecule has 12 heavy (non-hydrogen) atoms. The van der Waals surface area contributed by atoms with Crippen LogP contribution in [0.2, 0.25) is 0 Å². The summed E-state index contributed by atoms with van der Waals surface area (Å²) >= 11 is 0. The topological polar surface area (TPSA) is 0 Å². The Bertz CT molecular complexity index is 345. The van der Waals surface area contributed by atoms with Crippen LogP contribution in [0.3, 0.4) is 0 Å². The number of fused-ring (bicyclic) bond motifs is 1. The number of aryl methyl sites for hydroxylation is 2. The number of allylic oxidation sites excluding steroid dienone is 1. The molecule has 0 aliphatic heterocycles. The molecule has 0 saturated carbocycles. The highest BCUT2D eigenvalue weighted by Gasteiger charge is 2.13. The van der Waals surface area contributed by atoms with E-state index in [1.54, 1.807) is 0 Å². The van der Waals surface area contributed by atoms with Crippen molar-refractivity contribution in [3.05, 3.63) is 40.5 Å². The highest BCUT2D eigenvalue weighted by Crippen LogP contribution is 2.31. The van der Waals surface area contributed by atoms with Gasteiger partial charge in [-0.1, -0.05) is 31.2 Å². The van der Waals surface area contributed by atoms with E-state index >= 15 is 0 Å². The summed E-state index contributed by atoms with van der Waals surface area (Å²) in [5.41, 5.74) is 5.69. The Kier molecular flexibility index (Phi) is 1.57. The zero-order valence-electron chi connectivity index (χ0n) is 7.89. The summed E-state index contributed by atoms with van der Waals surface area (Å²) in [6.45, 7) is 6.60. The third-order valence-electron chi connectivity index (χ3n) is 2.75. The predicted molar refractivity (Wildman–Crippen MR) is 53.4 cm³/mol. The van der Waals surface area contributed by atoms with Crippen LogP contribution in [0.4, 0.5) is 0 Å². The minimum absolute atomic E-state index is 0.610. The molecule has 1 aliphatic carbocycles. The second kappa shape index (κ2) is 2.48. The van der Waals surface area contributed by atoms with Gasteiger partial charge in [-0.3, -0.25) is 0 Å². The monoisotopic (exact) mass is 158 g/mol. The molecule has 0 radical (unpaired) electrons. The summed E-state index contributed by atoms with van der Waals surface area (Å²) in [5, 5.41) is 0. The minimum atomic E-state index is 0.610. The maximum Gasteiger partial charge on any atom is -0.000107 e. The van der Waals surface area contributed by atoms with Gasteiger partial charge in [-0.15, -0.1) is 0 Å². The maximum atomic E-state index is 2.31. The molecule has 1 aliphatic rings. The highest BCUT2D eigenvalue weighted by molar-refractivity contribution is 5.63. The van der Waals surface area contributed by atoms with Crippen LogP contribution in [0.1, 0.15) is 35.1 Å². The van der Waals surface area contributed by atoms with E-state index in [2.05, 4.69) is 45.1 Å². The summed E-state index contributed by atoms with van der Waals surface area (Å²) in [6.07, 6.45) is 4.50. The van der Waals surface area contributed by atoms with E-state index in [0.29, 0.717) is 5.92 Å². The maximum absolute atomic E-state index is 2.31. The molecule has 1 atom stereocenters. The molecule has 0 N–H and O–H groups in total. The molecule has 0 aromatic heterocycles. The third kappa shape index (κ3) is 0.989. The lowest BCUT2D eigenvalue weighted by Gasteiger charge is -2.08. The van der Waals surface area contributed by atoms with Gasteiger partial charge in [0.1, 0.15) is 0 Å². The summed E-state index contributed by atoms with van der Waals surface area (Å²) in [7, 11) is 0. The second-order valence-electron chi connectivity index (χ2n) is 3.71. The summed E-state index contributed by atoms with van der Waals surface area (Å²) < 4.78 is 0. The molecule has 0 spiro atoms. The van der Waals surface area contributed by atoms with Crippen molar-refractivity contribution in [2.75, 3.05) is 0 Å². The van der Waals surface area contributed by atoms with Gasteiger partial charge in [-0.25, -0.2) is 0 Å². The highest BCUT2D eigenvalue weighted by atomic mass is 14.2. The van der Waals surface area contributed by atoms with Gasteiger partial charge in [0.25, 0.3) is 0 Å². The van der Waals surface area contributed by atoms with Crippen molar-refractivity contribution in [1.82, 2.24) is 0 Å². The van der Waals surface area contributed by atoms with Crippen LogP contribution in [-0.2, 0) is 0 Å². The number of hydrogen-bond acceptors (Lipinski definition) is 0. The van der Waals surface area contributed by atoms with E-state index < -0.39 is 0 Å². The Morgan fingerprint density at radius 2 is 1.75 bits per heavy atom. The molecule has 1 aromatic rings. The lowest BCUT2D eigenvalue weighted by Crippen LogP contribution is -1.90. The lowest BCUT2D eigenvalue weighted by atomic mass is 9.97. The number of benzene rings is 1. The van der Waals surface area contributed by atoms with Crippen molar-refractivity contribution >= 4 is 6.08 Å². The first-order valence-corrected chi connectivity index (χ1v) is 4.48. The molecule has 0 heterocycles. The van der Waals surface area contributed by atoms with Gasteiger partial charge in [0.15, 0.2) is 0 Å². The smallest absolute Gasteiger partial charge is 0.000107 e. The van der Waals surface area contributed by atoms with Crippen LogP contribution in [-0.4, -0.2) is 0 Å². The predicted octanol–water partition coefficient (Wildman–Crippen LogP) is 3.43. The van der Waals surface area contributed by atoms with Crippen molar-refractivity contribution in [3.63, 3.8) is 0 Å². The van der Waals surface area contributed by atoms with Gasteiger partial charge in [0.05, 0.1) is 0 Å². The quantitative estimate of drug-likeness (QED) is 0.542. The fraction of sp³-hybridized carbons (Fsp3) is 0.333. The average molecular weight is 158 g/mol. The summed E-state index contributed by atoms with van der Waals surface area (Å²) in [4.78, 5) is 0. The first-order chi connectivity index (χ1) is 5.68. The molecule has 1 aromatic carbocycles. The van der Waals surface area contributed by atoms with Gasteiger partial charge in [0, 0.05) is 0 Å². The largest absolute Gasteiger partial charge is 0.0767 e. The molecule has 0 amide bonds. The van der Waals surface area contributed by atoms with Crippen LogP contribution in [0.15, 0.2) is 18.2 Å². The fourth-order valence-corrected chi connectivity index (χ4v) is 1.75. The van der Waals surface area contributed by atoms with E-state index in [4.69, 9.17) is 0 Å². The summed E-state index contributed by atoms with van der Waals surface area (Å²) in [5.74, 6) is 0.610. The zero-order valence-corrected chi connectivity index (χ0v) is 7.89. The molecular weight excluding hydrogens is 144 g/mol. The standard InChI is InChI=1S/C12H14/c1-8-4-5-11-6-9(2)10(3)7-12(8)11/h4-8H,1-3H3. The Morgan fingerprint density at radius 1 is 1.08 bits per heavy atom. The fourth-order valence-electron chi connectivity index (χ4n) is 1.75. The summed E-state index contributed by atoms with van der Waals surface area (Å²) in [6, 6.07) is 4.60. The van der Waals surface area contributed by atoms with Crippen LogP contribution in [0, 0.1) is 13.8 Å². The Labute approximate surface area is 73.9 Å². The van der Waals surface area contributed by atoms with Crippen molar-refractivity contribution in [2.45, 2.75) is 26.7 Å². The lowest BCUT2D eigenvalue weighted by molar-refractivity contribution is 0.984. The molecule has 62 valence electrons. The molecule has 0 bridgehead atoms. The van der Waals surface area contributed by atoms with Crippen molar-refractivity contribution in [3.8, 4) is 0 Å². The molecular formula is C12H14. The van der Waals surface area contributed by atoms with E-state index in [0.717, 1.165) is 0 Å². The number of rotatable bonds is 0. The molecule has 1 unspecified atom stereocenters. The van der Waals surface area contributed by atoms with Gasteiger partial charge in [0.2, 0.25) is 0 Å². The average Bonchev–Trinajstić information content (AvgIpc) is 2.35. The Morgan fingerprint density at radius 3 is 2.50 bits per heavy atom. The van der Waals surface area contributed by atoms with Gasteiger partial charge >= 0.3 is 0 Å². The molecule has 0 nitrogen and oxygen atoms in total. The molecule has 0 fully saturated rings. The van der Waals surface area contributed by atoms with Gasteiger partial charge < -0.3 is 0 Å². The number of hydrogen-bond donors (Lipinski definition) is 0. The Balaban J connectivity index is 2.62. The minimum Gasteiger partial charge on any atom is -0.0767 e. The van der Waals surface area contributed by atoms with Crippen molar-refractivity contribution in [1.29, 1.82) is 0 Å². The molecule has 2 rings (SSSR count). The first kappa shape index (κ1) is 7.60. The third-order valence-corrected chi connectivity index (χ3v) is 2.75. The normalized spacial score (nSPS) is 19.8. The van der Waals surface area contributed by atoms with E-state index in [9.17, 15) is 0 Å². The van der Waals surface area contributed by atoms with Crippen molar-refractivity contribution in [2.24, 2.45) is 0 Å². The van der Waals surface area contributed by atoms with Crippen molar-refractivity contribution < 1.29 is 0 Å². The second-order valence-corrected chi connectivity index (χ2v) is 3.71. The zero-order chi connectivity index (χ0) is 8.72. The van der Waals surface area contributed by atoms with Gasteiger partial charge in [-0.05, 0) is 42.0 Å². The van der Waals surface area contributed by atoms with Crippen LogP contribution in [0.25, 0.3) is 6.08 Å². The SMILES string of the molecule is Cc1cc2c(cc1C)C(C)C=C2. The van der Waals surface area contributed by atoms with Gasteiger partial charge in [-0.2, -0.15) is 0 Å².